The van der Waals surface area contributed by atoms with Gasteiger partial charge in [0.25, 0.3) is 5.91 Å². The van der Waals surface area contributed by atoms with Crippen LogP contribution >= 0.6 is 0 Å². The summed E-state index contributed by atoms with van der Waals surface area (Å²) in [4.78, 5) is 19.0. The second kappa shape index (κ2) is 8.90. The number of carbonyl (C=O) groups is 1. The second-order valence-corrected chi connectivity index (χ2v) is 6.00. The zero-order valence-corrected chi connectivity index (χ0v) is 16.2. The molecule has 0 bridgehead atoms. The summed E-state index contributed by atoms with van der Waals surface area (Å²) in [5.74, 6) is 0.862. The Morgan fingerprint density at radius 1 is 1.00 bits per heavy atom. The minimum Gasteiger partial charge on any atom is -0.497 e. The fraction of sp³-hybridized carbons (Fsp3) is 0.182. The smallest absolute Gasteiger partial charge is 0.274 e. The highest BCUT2D eigenvalue weighted by atomic mass is 16.5. The monoisotopic (exact) mass is 377 g/mol. The maximum absolute atomic E-state index is 12.6. The van der Waals surface area contributed by atoms with Gasteiger partial charge < -0.3 is 19.7 Å². The number of nitrogens with one attached hydrogen (secondary N) is 1. The average Bonchev–Trinajstić information content (AvgIpc) is 2.75. The van der Waals surface area contributed by atoms with Crippen molar-refractivity contribution in [2.24, 2.45) is 0 Å². The Morgan fingerprint density at radius 2 is 1.79 bits per heavy atom. The maximum Gasteiger partial charge on any atom is 0.274 e. The van der Waals surface area contributed by atoms with E-state index < -0.39 is 0 Å². The van der Waals surface area contributed by atoms with Crippen LogP contribution in [-0.4, -0.2) is 31.7 Å². The number of anilines is 3. The quantitative estimate of drug-likeness (QED) is 0.656. The molecule has 0 saturated carbocycles. The van der Waals surface area contributed by atoms with Crippen LogP contribution in [0.15, 0.2) is 66.9 Å². The molecule has 0 spiro atoms. The van der Waals surface area contributed by atoms with Gasteiger partial charge in [-0.05, 0) is 43.3 Å². The summed E-state index contributed by atoms with van der Waals surface area (Å²) in [6.07, 6.45) is 1.71. The number of rotatable bonds is 7. The van der Waals surface area contributed by atoms with Gasteiger partial charge in [-0.2, -0.15) is 0 Å². The molecule has 1 heterocycles. The Balaban J connectivity index is 1.77. The molecule has 0 aliphatic carbocycles. The van der Waals surface area contributed by atoms with Gasteiger partial charge in [-0.15, -0.1) is 0 Å². The zero-order valence-electron chi connectivity index (χ0n) is 16.2. The lowest BCUT2D eigenvalue weighted by molar-refractivity contribution is 0.102. The van der Waals surface area contributed by atoms with Gasteiger partial charge in [0.1, 0.15) is 17.2 Å². The number of methoxy groups -OCH3 is 2. The number of amides is 1. The lowest BCUT2D eigenvalue weighted by Crippen LogP contribution is -2.18. The normalized spacial score (nSPS) is 10.2. The van der Waals surface area contributed by atoms with Crippen LogP contribution in [0, 0.1) is 0 Å². The van der Waals surface area contributed by atoms with Gasteiger partial charge in [0.15, 0.2) is 0 Å². The van der Waals surface area contributed by atoms with E-state index in [1.807, 2.05) is 36.4 Å². The molecule has 1 aromatic heterocycles. The molecule has 0 aliphatic rings. The van der Waals surface area contributed by atoms with E-state index >= 15 is 0 Å². The Morgan fingerprint density at radius 3 is 2.39 bits per heavy atom. The third-order valence-corrected chi connectivity index (χ3v) is 4.33. The van der Waals surface area contributed by atoms with Gasteiger partial charge in [0.2, 0.25) is 0 Å². The van der Waals surface area contributed by atoms with Crippen LogP contribution in [0.2, 0.25) is 0 Å². The summed E-state index contributed by atoms with van der Waals surface area (Å²) in [5.41, 5.74) is 2.88. The van der Waals surface area contributed by atoms with Gasteiger partial charge in [-0.1, -0.05) is 18.2 Å². The molecule has 0 unspecified atom stereocenters. The number of ether oxygens (including phenoxy) is 2. The van der Waals surface area contributed by atoms with E-state index in [1.165, 1.54) is 0 Å². The molecule has 0 fully saturated rings. The zero-order chi connectivity index (χ0) is 19.9. The fourth-order valence-electron chi connectivity index (χ4n) is 2.89. The number of nitrogens with zero attached hydrogens (tertiary/aromatic N) is 2. The molecule has 6 heteroatoms. The van der Waals surface area contributed by atoms with Crippen LogP contribution in [-0.2, 0) is 0 Å². The molecule has 6 nitrogen and oxygen atoms in total. The first-order chi connectivity index (χ1) is 13.7. The van der Waals surface area contributed by atoms with E-state index in [4.69, 9.17) is 9.47 Å². The van der Waals surface area contributed by atoms with Crippen molar-refractivity contribution in [2.75, 3.05) is 31.0 Å². The Kier molecular flexibility index (Phi) is 6.11. The highest BCUT2D eigenvalue weighted by Gasteiger charge is 2.13. The van der Waals surface area contributed by atoms with Gasteiger partial charge >= 0.3 is 0 Å². The lowest BCUT2D eigenvalue weighted by Gasteiger charge is -2.23. The van der Waals surface area contributed by atoms with E-state index in [9.17, 15) is 4.79 Å². The molecule has 28 heavy (non-hydrogen) atoms. The second-order valence-electron chi connectivity index (χ2n) is 6.00. The van der Waals surface area contributed by atoms with Gasteiger partial charge in [-0.25, -0.2) is 4.98 Å². The predicted molar refractivity (Wildman–Crippen MR) is 111 cm³/mol. The molecule has 3 aromatic rings. The van der Waals surface area contributed by atoms with Gasteiger partial charge in [-0.3, -0.25) is 4.79 Å². The standard InChI is InChI=1S/C22H23N3O3/c1-4-25(16-8-6-5-7-9-16)17-10-12-20(23-15-17)22(26)24-19-13-11-18(27-2)14-21(19)28-3/h5-15H,4H2,1-3H3,(H,24,26). The number of carbonyl (C=O) groups excluding carboxylic acids is 1. The van der Waals surface area contributed by atoms with Crippen LogP contribution in [0.5, 0.6) is 11.5 Å². The highest BCUT2D eigenvalue weighted by Crippen LogP contribution is 2.29. The van der Waals surface area contributed by atoms with E-state index in [0.717, 1.165) is 17.9 Å². The predicted octanol–water partition coefficient (Wildman–Crippen LogP) is 4.51. The van der Waals surface area contributed by atoms with E-state index in [1.54, 1.807) is 44.7 Å². The number of hydrogen-bond acceptors (Lipinski definition) is 5. The van der Waals surface area contributed by atoms with Crippen molar-refractivity contribution in [3.05, 3.63) is 72.6 Å². The van der Waals surface area contributed by atoms with Crippen LogP contribution in [0.4, 0.5) is 17.1 Å². The lowest BCUT2D eigenvalue weighted by atomic mass is 10.2. The number of pyridine rings is 1. The van der Waals surface area contributed by atoms with Crippen molar-refractivity contribution in [2.45, 2.75) is 6.92 Å². The Labute approximate surface area is 164 Å². The summed E-state index contributed by atoms with van der Waals surface area (Å²) in [6, 6.07) is 18.9. The van der Waals surface area contributed by atoms with Crippen LogP contribution in [0.3, 0.4) is 0 Å². The Hall–Kier alpha value is -3.54. The Bertz CT molecular complexity index is 928. The number of hydrogen-bond donors (Lipinski definition) is 1. The van der Waals surface area contributed by atoms with Crippen molar-refractivity contribution in [1.82, 2.24) is 4.98 Å². The molecule has 0 aliphatic heterocycles. The van der Waals surface area contributed by atoms with Gasteiger partial charge in [0.05, 0.1) is 31.8 Å². The molecular weight excluding hydrogens is 354 g/mol. The average molecular weight is 377 g/mol. The third-order valence-electron chi connectivity index (χ3n) is 4.33. The molecule has 0 saturated heterocycles. The summed E-state index contributed by atoms with van der Waals surface area (Å²) in [5, 5.41) is 2.83. The molecule has 144 valence electrons. The third kappa shape index (κ3) is 4.23. The van der Waals surface area contributed by atoms with Crippen molar-refractivity contribution in [1.29, 1.82) is 0 Å². The van der Waals surface area contributed by atoms with Crippen LogP contribution < -0.4 is 19.7 Å². The molecule has 1 N–H and O–H groups in total. The summed E-state index contributed by atoms with van der Waals surface area (Å²) in [6.45, 7) is 2.86. The highest BCUT2D eigenvalue weighted by molar-refractivity contribution is 6.03. The largest absolute Gasteiger partial charge is 0.497 e. The van der Waals surface area contributed by atoms with Crippen molar-refractivity contribution in [3.8, 4) is 11.5 Å². The molecule has 0 radical (unpaired) electrons. The molecule has 3 rings (SSSR count). The number of aromatic nitrogens is 1. The van der Waals surface area contributed by atoms with Crippen molar-refractivity contribution in [3.63, 3.8) is 0 Å². The number of benzene rings is 2. The first-order valence-corrected chi connectivity index (χ1v) is 8.98. The SMILES string of the molecule is CCN(c1ccccc1)c1ccc(C(=O)Nc2ccc(OC)cc2OC)nc1. The molecule has 2 aromatic carbocycles. The van der Waals surface area contributed by atoms with Crippen molar-refractivity contribution < 1.29 is 14.3 Å². The van der Waals surface area contributed by atoms with Crippen LogP contribution in [0.1, 0.15) is 17.4 Å². The number of para-hydroxylation sites is 1. The minimum atomic E-state index is -0.308. The van der Waals surface area contributed by atoms with E-state index in [0.29, 0.717) is 22.9 Å². The summed E-state index contributed by atoms with van der Waals surface area (Å²) >= 11 is 0. The summed E-state index contributed by atoms with van der Waals surface area (Å²) in [7, 11) is 3.12. The van der Waals surface area contributed by atoms with Crippen LogP contribution in [0.25, 0.3) is 0 Å². The first kappa shape index (κ1) is 19.2. The van der Waals surface area contributed by atoms with Crippen molar-refractivity contribution >= 4 is 23.0 Å². The topological polar surface area (TPSA) is 63.7 Å². The summed E-state index contributed by atoms with van der Waals surface area (Å²) < 4.78 is 10.5. The van der Waals surface area contributed by atoms with Gasteiger partial charge in [0, 0.05) is 18.3 Å². The minimum absolute atomic E-state index is 0.308. The first-order valence-electron chi connectivity index (χ1n) is 8.98. The van der Waals surface area contributed by atoms with E-state index in [2.05, 4.69) is 22.1 Å². The molecular formula is C22H23N3O3. The van der Waals surface area contributed by atoms with E-state index in [-0.39, 0.29) is 5.91 Å². The maximum atomic E-state index is 12.6. The fourth-order valence-corrected chi connectivity index (χ4v) is 2.89. The molecule has 0 atom stereocenters. The molecule has 1 amide bonds.